The van der Waals surface area contributed by atoms with Crippen molar-refractivity contribution in [3.05, 3.63) is 12.2 Å². The molecule has 0 fully saturated rings. The van der Waals surface area contributed by atoms with Crippen LogP contribution >= 0.6 is 0 Å². The average Bonchev–Trinajstić information content (AvgIpc) is 2.64. The summed E-state index contributed by atoms with van der Waals surface area (Å²) in [6.07, 6.45) is 1.85. The monoisotopic (exact) mass is 252 g/mol. The molecule has 0 aliphatic carbocycles. The quantitative estimate of drug-likeness (QED) is 0.797. The molecular weight excluding hydrogens is 228 g/mol. The van der Waals surface area contributed by atoms with E-state index in [-0.39, 0.29) is 5.78 Å². The third-order valence-electron chi connectivity index (χ3n) is 2.87. The second kappa shape index (κ2) is 6.09. The standard InChI is InChI=1S/C13H24N4O/c1-6-15-13(4,5)11(18)7-12-14-9-16-17(12)8-10(2)3/h9-10,15H,6-8H2,1-5H3. The summed E-state index contributed by atoms with van der Waals surface area (Å²) in [6, 6.07) is 0. The van der Waals surface area contributed by atoms with Crippen LogP contribution in [0.1, 0.15) is 40.4 Å². The van der Waals surface area contributed by atoms with Gasteiger partial charge >= 0.3 is 0 Å². The van der Waals surface area contributed by atoms with Crippen molar-refractivity contribution < 1.29 is 4.79 Å². The van der Waals surface area contributed by atoms with Crippen LogP contribution in [0.4, 0.5) is 0 Å². The summed E-state index contributed by atoms with van der Waals surface area (Å²) in [5, 5.41) is 7.36. The van der Waals surface area contributed by atoms with Gasteiger partial charge in [0, 0.05) is 6.54 Å². The van der Waals surface area contributed by atoms with E-state index in [0.29, 0.717) is 12.3 Å². The van der Waals surface area contributed by atoms with Crippen molar-refractivity contribution in [3.63, 3.8) is 0 Å². The van der Waals surface area contributed by atoms with Crippen molar-refractivity contribution in [1.29, 1.82) is 0 Å². The lowest BCUT2D eigenvalue weighted by molar-refractivity contribution is -0.123. The molecule has 0 bridgehead atoms. The minimum absolute atomic E-state index is 0.141. The Labute approximate surface area is 109 Å². The van der Waals surface area contributed by atoms with Gasteiger partial charge in [0.2, 0.25) is 0 Å². The van der Waals surface area contributed by atoms with Crippen molar-refractivity contribution in [3.8, 4) is 0 Å². The van der Waals surface area contributed by atoms with Crippen LogP contribution < -0.4 is 5.32 Å². The number of likely N-dealkylation sites (N-methyl/N-ethyl adjacent to an activating group) is 1. The predicted molar refractivity (Wildman–Crippen MR) is 71.3 cm³/mol. The highest BCUT2D eigenvalue weighted by Crippen LogP contribution is 2.09. The van der Waals surface area contributed by atoms with E-state index in [1.54, 1.807) is 0 Å². The lowest BCUT2D eigenvalue weighted by Gasteiger charge is -2.23. The van der Waals surface area contributed by atoms with Gasteiger partial charge in [0.1, 0.15) is 12.2 Å². The first kappa shape index (κ1) is 14.8. The Morgan fingerprint density at radius 3 is 2.72 bits per heavy atom. The van der Waals surface area contributed by atoms with E-state index in [1.807, 2.05) is 25.5 Å². The fourth-order valence-electron chi connectivity index (χ4n) is 1.83. The minimum Gasteiger partial charge on any atom is -0.306 e. The predicted octanol–water partition coefficient (Wildman–Crippen LogP) is 1.43. The van der Waals surface area contributed by atoms with Crippen molar-refractivity contribution in [2.24, 2.45) is 5.92 Å². The van der Waals surface area contributed by atoms with E-state index in [1.165, 1.54) is 6.33 Å². The molecule has 0 amide bonds. The number of carbonyl (C=O) groups excluding carboxylic acids is 1. The molecule has 0 aliphatic rings. The molecular formula is C13H24N4O. The van der Waals surface area contributed by atoms with Gasteiger partial charge in [-0.05, 0) is 26.3 Å². The van der Waals surface area contributed by atoms with Gasteiger partial charge in [-0.3, -0.25) is 4.79 Å². The molecule has 1 aromatic heterocycles. The highest BCUT2D eigenvalue weighted by atomic mass is 16.1. The van der Waals surface area contributed by atoms with Crippen LogP contribution in [-0.2, 0) is 17.8 Å². The van der Waals surface area contributed by atoms with Crippen LogP contribution in [-0.4, -0.2) is 32.6 Å². The maximum atomic E-state index is 12.2. The van der Waals surface area contributed by atoms with E-state index in [9.17, 15) is 4.79 Å². The lowest BCUT2D eigenvalue weighted by atomic mass is 9.96. The smallest absolute Gasteiger partial charge is 0.159 e. The first-order valence-electron chi connectivity index (χ1n) is 6.51. The molecule has 0 aromatic carbocycles. The summed E-state index contributed by atoms with van der Waals surface area (Å²) in [4.78, 5) is 16.4. The fourth-order valence-corrected chi connectivity index (χ4v) is 1.83. The van der Waals surface area contributed by atoms with Crippen molar-refractivity contribution in [2.75, 3.05) is 6.54 Å². The molecule has 0 spiro atoms. The Morgan fingerprint density at radius 2 is 2.17 bits per heavy atom. The largest absolute Gasteiger partial charge is 0.306 e. The number of ketones is 1. The van der Waals surface area contributed by atoms with Crippen LogP contribution in [0.25, 0.3) is 0 Å². The molecule has 5 nitrogen and oxygen atoms in total. The Bertz CT molecular complexity index is 395. The van der Waals surface area contributed by atoms with Gasteiger partial charge in [0.15, 0.2) is 5.78 Å². The van der Waals surface area contributed by atoms with Gasteiger partial charge in [-0.15, -0.1) is 0 Å². The lowest BCUT2D eigenvalue weighted by Crippen LogP contribution is -2.47. The summed E-state index contributed by atoms with van der Waals surface area (Å²) < 4.78 is 1.82. The first-order chi connectivity index (χ1) is 8.36. The molecule has 0 aliphatic heterocycles. The highest BCUT2D eigenvalue weighted by Gasteiger charge is 2.27. The summed E-state index contributed by atoms with van der Waals surface area (Å²) in [6.45, 7) is 11.6. The number of nitrogens with zero attached hydrogens (tertiary/aromatic N) is 3. The molecule has 102 valence electrons. The summed E-state index contributed by atoms with van der Waals surface area (Å²) in [7, 11) is 0. The minimum atomic E-state index is -0.511. The summed E-state index contributed by atoms with van der Waals surface area (Å²) in [5.41, 5.74) is -0.511. The number of nitrogens with one attached hydrogen (secondary N) is 1. The maximum absolute atomic E-state index is 12.2. The number of aromatic nitrogens is 3. The van der Waals surface area contributed by atoms with Gasteiger partial charge in [0.05, 0.1) is 12.0 Å². The molecule has 0 atom stereocenters. The van der Waals surface area contributed by atoms with Crippen molar-refractivity contribution in [1.82, 2.24) is 20.1 Å². The SMILES string of the molecule is CCNC(C)(C)C(=O)Cc1ncnn1CC(C)C. The number of hydrogen-bond acceptors (Lipinski definition) is 4. The molecule has 0 saturated heterocycles. The Kier molecular flexibility index (Phi) is 5.02. The first-order valence-corrected chi connectivity index (χ1v) is 6.51. The molecule has 5 heteroatoms. The molecule has 1 heterocycles. The van der Waals surface area contributed by atoms with E-state index in [2.05, 4.69) is 29.2 Å². The normalized spacial score (nSPS) is 12.1. The zero-order chi connectivity index (χ0) is 13.8. The van der Waals surface area contributed by atoms with Gasteiger partial charge in [0.25, 0.3) is 0 Å². The van der Waals surface area contributed by atoms with Gasteiger partial charge in [-0.25, -0.2) is 9.67 Å². The molecule has 1 N–H and O–H groups in total. The second-order valence-corrected chi connectivity index (χ2v) is 5.51. The Morgan fingerprint density at radius 1 is 1.50 bits per heavy atom. The van der Waals surface area contributed by atoms with Gasteiger partial charge < -0.3 is 5.32 Å². The molecule has 1 aromatic rings. The number of hydrogen-bond donors (Lipinski definition) is 1. The van der Waals surface area contributed by atoms with E-state index in [4.69, 9.17) is 0 Å². The van der Waals surface area contributed by atoms with Crippen LogP contribution in [0.5, 0.6) is 0 Å². The number of carbonyl (C=O) groups is 1. The summed E-state index contributed by atoms with van der Waals surface area (Å²) >= 11 is 0. The summed E-state index contributed by atoms with van der Waals surface area (Å²) in [5.74, 6) is 1.38. The van der Waals surface area contributed by atoms with Crippen LogP contribution in [0.2, 0.25) is 0 Å². The average molecular weight is 252 g/mol. The van der Waals surface area contributed by atoms with Crippen molar-refractivity contribution >= 4 is 5.78 Å². The highest BCUT2D eigenvalue weighted by molar-refractivity contribution is 5.88. The Balaban J connectivity index is 2.73. The zero-order valence-corrected chi connectivity index (χ0v) is 12.0. The molecule has 0 unspecified atom stereocenters. The molecule has 1 rings (SSSR count). The zero-order valence-electron chi connectivity index (χ0n) is 12.0. The fraction of sp³-hybridized carbons (Fsp3) is 0.769. The van der Waals surface area contributed by atoms with Crippen LogP contribution in [0.3, 0.4) is 0 Å². The number of rotatable bonds is 7. The number of Topliss-reactive ketones (excluding diaryl/α,β-unsaturated/α-hetero) is 1. The molecule has 0 saturated carbocycles. The van der Waals surface area contributed by atoms with Crippen LogP contribution in [0, 0.1) is 5.92 Å². The second-order valence-electron chi connectivity index (χ2n) is 5.51. The Hall–Kier alpha value is -1.23. The topological polar surface area (TPSA) is 59.8 Å². The van der Waals surface area contributed by atoms with Gasteiger partial charge in [-0.2, -0.15) is 5.10 Å². The van der Waals surface area contributed by atoms with Crippen molar-refractivity contribution in [2.45, 2.75) is 53.1 Å². The third-order valence-corrected chi connectivity index (χ3v) is 2.87. The van der Waals surface area contributed by atoms with Gasteiger partial charge in [-0.1, -0.05) is 20.8 Å². The third kappa shape index (κ3) is 3.91. The molecule has 18 heavy (non-hydrogen) atoms. The molecule has 0 radical (unpaired) electrons. The van der Waals surface area contributed by atoms with E-state index >= 15 is 0 Å². The van der Waals surface area contributed by atoms with E-state index in [0.717, 1.165) is 18.9 Å². The van der Waals surface area contributed by atoms with Crippen LogP contribution in [0.15, 0.2) is 6.33 Å². The van der Waals surface area contributed by atoms with E-state index < -0.39 is 5.54 Å². The maximum Gasteiger partial charge on any atom is 0.159 e.